The van der Waals surface area contributed by atoms with Gasteiger partial charge in [0.1, 0.15) is 17.3 Å². The average Bonchev–Trinajstić information content (AvgIpc) is 3.38. The van der Waals surface area contributed by atoms with Gasteiger partial charge in [-0.2, -0.15) is 0 Å². The number of hydrogen-bond acceptors (Lipinski definition) is 6. The molecule has 1 amide bonds. The van der Waals surface area contributed by atoms with Gasteiger partial charge in [0.25, 0.3) is 11.5 Å². The van der Waals surface area contributed by atoms with Crippen LogP contribution in [0.4, 0.5) is 11.5 Å². The van der Waals surface area contributed by atoms with Crippen molar-refractivity contribution in [3.8, 4) is 5.75 Å². The predicted molar refractivity (Wildman–Crippen MR) is 133 cm³/mol. The molecule has 0 aliphatic carbocycles. The molecule has 0 aliphatic heterocycles. The Balaban J connectivity index is 1.77. The van der Waals surface area contributed by atoms with Gasteiger partial charge in [0.2, 0.25) is 0 Å². The molecule has 0 aliphatic rings. The second-order valence-corrected chi connectivity index (χ2v) is 7.64. The lowest BCUT2D eigenvalue weighted by Crippen LogP contribution is -2.40. The van der Waals surface area contributed by atoms with E-state index in [0.717, 1.165) is 5.56 Å². The molecule has 178 valence electrons. The third-order valence-corrected chi connectivity index (χ3v) is 5.37. The first kappa shape index (κ1) is 23.4. The van der Waals surface area contributed by atoms with Crippen LogP contribution in [0.25, 0.3) is 6.08 Å². The second kappa shape index (κ2) is 10.4. The maximum absolute atomic E-state index is 13.4. The van der Waals surface area contributed by atoms with Crippen LogP contribution in [0.1, 0.15) is 16.9 Å². The van der Waals surface area contributed by atoms with Crippen LogP contribution >= 0.6 is 0 Å². The summed E-state index contributed by atoms with van der Waals surface area (Å²) in [4.78, 5) is 42.3. The molecule has 2 heterocycles. The average molecular weight is 473 g/mol. The number of benzene rings is 2. The van der Waals surface area contributed by atoms with Crippen molar-refractivity contribution in [2.75, 3.05) is 17.7 Å². The highest BCUT2D eigenvalue weighted by molar-refractivity contribution is 6.05. The van der Waals surface area contributed by atoms with Gasteiger partial charge in [-0.3, -0.25) is 24.0 Å². The van der Waals surface area contributed by atoms with Gasteiger partial charge in [-0.25, -0.2) is 4.79 Å². The van der Waals surface area contributed by atoms with Gasteiger partial charge in [-0.05, 0) is 29.8 Å². The molecule has 0 radical (unpaired) electrons. The third kappa shape index (κ3) is 5.25. The molecule has 9 heteroatoms. The van der Waals surface area contributed by atoms with E-state index >= 15 is 0 Å². The third-order valence-electron chi connectivity index (χ3n) is 5.37. The SMILES string of the molecule is COc1ccccc1/C=C\C(=O)N(Cc1ccco1)c1c(N)n(Cc2ccccc2)c(=O)[nH]c1=O. The number of methoxy groups -OCH3 is 1. The van der Waals surface area contributed by atoms with Crippen LogP contribution < -0.4 is 26.6 Å². The summed E-state index contributed by atoms with van der Waals surface area (Å²) in [6.45, 7) is 0.0496. The van der Waals surface area contributed by atoms with E-state index in [1.54, 1.807) is 30.3 Å². The van der Waals surface area contributed by atoms with Crippen molar-refractivity contribution >= 4 is 23.5 Å². The fraction of sp³-hybridized carbons (Fsp3) is 0.115. The molecule has 35 heavy (non-hydrogen) atoms. The number of aromatic nitrogens is 2. The van der Waals surface area contributed by atoms with E-state index in [9.17, 15) is 14.4 Å². The number of rotatable bonds is 8. The summed E-state index contributed by atoms with van der Waals surface area (Å²) in [6, 6.07) is 19.7. The Morgan fingerprint density at radius 1 is 1.09 bits per heavy atom. The van der Waals surface area contributed by atoms with Gasteiger partial charge in [-0.1, -0.05) is 48.5 Å². The Morgan fingerprint density at radius 3 is 2.54 bits per heavy atom. The van der Waals surface area contributed by atoms with Crippen molar-refractivity contribution in [2.24, 2.45) is 0 Å². The second-order valence-electron chi connectivity index (χ2n) is 7.64. The maximum Gasteiger partial charge on any atom is 0.330 e. The number of ether oxygens (including phenoxy) is 1. The first-order valence-corrected chi connectivity index (χ1v) is 10.8. The fourth-order valence-electron chi connectivity index (χ4n) is 3.64. The molecule has 2 aromatic carbocycles. The van der Waals surface area contributed by atoms with Crippen molar-refractivity contribution in [1.82, 2.24) is 9.55 Å². The van der Waals surface area contributed by atoms with Crippen LogP contribution in [-0.4, -0.2) is 22.6 Å². The topological polar surface area (TPSA) is 124 Å². The van der Waals surface area contributed by atoms with Crippen LogP contribution in [0.2, 0.25) is 0 Å². The molecule has 0 fully saturated rings. The van der Waals surface area contributed by atoms with E-state index < -0.39 is 17.2 Å². The minimum Gasteiger partial charge on any atom is -0.496 e. The zero-order valence-electron chi connectivity index (χ0n) is 19.0. The van der Waals surface area contributed by atoms with E-state index in [2.05, 4.69) is 4.98 Å². The highest BCUT2D eigenvalue weighted by Crippen LogP contribution is 2.23. The Bertz CT molecular complexity index is 1450. The van der Waals surface area contributed by atoms with Crippen molar-refractivity contribution in [1.29, 1.82) is 0 Å². The van der Waals surface area contributed by atoms with Crippen LogP contribution in [0.5, 0.6) is 5.75 Å². The van der Waals surface area contributed by atoms with E-state index in [0.29, 0.717) is 17.1 Å². The van der Waals surface area contributed by atoms with Crippen LogP contribution in [-0.2, 0) is 17.9 Å². The molecule has 3 N–H and O–H groups in total. The van der Waals surface area contributed by atoms with Crippen LogP contribution in [0.3, 0.4) is 0 Å². The number of nitrogen functional groups attached to an aromatic ring is 1. The van der Waals surface area contributed by atoms with E-state index in [1.807, 2.05) is 42.5 Å². The number of carbonyl (C=O) groups is 1. The van der Waals surface area contributed by atoms with Gasteiger partial charge < -0.3 is 14.9 Å². The molecule has 9 nitrogen and oxygen atoms in total. The summed E-state index contributed by atoms with van der Waals surface area (Å²) in [7, 11) is 1.54. The fourth-order valence-corrected chi connectivity index (χ4v) is 3.64. The standard InChI is InChI=1S/C26H24N4O5/c1-34-21-12-6-5-10-19(21)13-14-22(31)29(17-20-11-7-15-35-20)23-24(27)30(26(33)28-25(23)32)16-18-8-3-2-4-9-18/h2-15H,16-17,27H2,1H3,(H,28,32,33)/b14-13-. The molecule has 0 unspecified atom stereocenters. The molecule has 0 saturated carbocycles. The summed E-state index contributed by atoms with van der Waals surface area (Å²) < 4.78 is 12.0. The lowest BCUT2D eigenvalue weighted by atomic mass is 10.2. The summed E-state index contributed by atoms with van der Waals surface area (Å²) in [5.41, 5.74) is 6.22. The quantitative estimate of drug-likeness (QED) is 0.380. The molecule has 4 aromatic rings. The lowest BCUT2D eigenvalue weighted by Gasteiger charge is -2.22. The van der Waals surface area contributed by atoms with Crippen molar-refractivity contribution in [3.05, 3.63) is 117 Å². The number of anilines is 2. The first-order valence-electron chi connectivity index (χ1n) is 10.8. The zero-order chi connectivity index (χ0) is 24.8. The van der Waals surface area contributed by atoms with Crippen molar-refractivity contribution < 1.29 is 13.9 Å². The molecular weight excluding hydrogens is 448 g/mol. The molecule has 0 saturated heterocycles. The highest BCUT2D eigenvalue weighted by atomic mass is 16.5. The lowest BCUT2D eigenvalue weighted by molar-refractivity contribution is -0.114. The Hall–Kier alpha value is -4.79. The summed E-state index contributed by atoms with van der Waals surface area (Å²) in [6.07, 6.45) is 4.36. The Labute approximate surface area is 200 Å². The summed E-state index contributed by atoms with van der Waals surface area (Å²) in [5, 5.41) is 0. The monoisotopic (exact) mass is 472 g/mol. The first-order chi connectivity index (χ1) is 17.0. The van der Waals surface area contributed by atoms with Gasteiger partial charge in [0, 0.05) is 11.6 Å². The smallest absolute Gasteiger partial charge is 0.330 e. The van der Waals surface area contributed by atoms with Crippen LogP contribution in [0.15, 0.2) is 93.1 Å². The number of nitrogens with one attached hydrogen (secondary N) is 1. The zero-order valence-corrected chi connectivity index (χ0v) is 19.0. The Morgan fingerprint density at radius 2 is 1.83 bits per heavy atom. The summed E-state index contributed by atoms with van der Waals surface area (Å²) >= 11 is 0. The van der Waals surface area contributed by atoms with Gasteiger partial charge >= 0.3 is 5.69 Å². The van der Waals surface area contributed by atoms with Crippen molar-refractivity contribution in [2.45, 2.75) is 13.1 Å². The van der Waals surface area contributed by atoms with Crippen LogP contribution in [0, 0.1) is 0 Å². The molecule has 0 spiro atoms. The number of para-hydroxylation sites is 1. The number of amides is 1. The van der Waals surface area contributed by atoms with Gasteiger partial charge in [0.05, 0.1) is 26.5 Å². The van der Waals surface area contributed by atoms with E-state index in [1.165, 1.54) is 28.9 Å². The van der Waals surface area contributed by atoms with E-state index in [4.69, 9.17) is 14.9 Å². The number of furan rings is 1. The molecule has 4 rings (SSSR count). The minimum atomic E-state index is -0.776. The normalized spacial score (nSPS) is 11.0. The van der Waals surface area contributed by atoms with Gasteiger partial charge in [0.15, 0.2) is 5.69 Å². The predicted octanol–water partition coefficient (Wildman–Crippen LogP) is 3.02. The largest absolute Gasteiger partial charge is 0.496 e. The molecule has 0 bridgehead atoms. The Kier molecular flexibility index (Phi) is 6.96. The highest BCUT2D eigenvalue weighted by Gasteiger charge is 2.24. The molecule has 0 atom stereocenters. The van der Waals surface area contributed by atoms with Crippen molar-refractivity contribution in [3.63, 3.8) is 0 Å². The van der Waals surface area contributed by atoms with Gasteiger partial charge in [-0.15, -0.1) is 0 Å². The number of carbonyl (C=O) groups excluding carboxylic acids is 1. The van der Waals surface area contributed by atoms with E-state index in [-0.39, 0.29) is 24.6 Å². The maximum atomic E-state index is 13.4. The number of nitrogens with two attached hydrogens (primary N) is 1. The molecular formula is C26H24N4O5. The summed E-state index contributed by atoms with van der Waals surface area (Å²) in [5.74, 6) is 0.356. The minimum absolute atomic E-state index is 0.0705. The number of aromatic amines is 1. The number of hydrogen-bond donors (Lipinski definition) is 2. The number of nitrogens with zero attached hydrogens (tertiary/aromatic N) is 2. The number of H-pyrrole nitrogens is 1. The molecule has 2 aromatic heterocycles.